The van der Waals surface area contributed by atoms with Crippen LogP contribution in [0, 0.1) is 0 Å². The molecule has 0 aliphatic carbocycles. The molecule has 1 saturated heterocycles. The van der Waals surface area contributed by atoms with Crippen molar-refractivity contribution in [1.82, 2.24) is 9.88 Å². The van der Waals surface area contributed by atoms with E-state index in [4.69, 9.17) is 37.4 Å². The molecule has 4 rings (SSSR count). The first-order chi connectivity index (χ1) is 18.5. The lowest BCUT2D eigenvalue weighted by Gasteiger charge is -2.37. The summed E-state index contributed by atoms with van der Waals surface area (Å²) in [6.45, 7) is 9.60. The molecule has 0 spiro atoms. The Labute approximate surface area is 237 Å². The molecule has 2 aromatic carbocycles. The van der Waals surface area contributed by atoms with Gasteiger partial charge in [0.15, 0.2) is 0 Å². The van der Waals surface area contributed by atoms with E-state index in [0.717, 1.165) is 5.69 Å². The molecule has 1 aliphatic rings. The predicted octanol–water partition coefficient (Wildman–Crippen LogP) is 6.53. The molecular weight excluding hydrogens is 543 g/mol. The van der Waals surface area contributed by atoms with Gasteiger partial charge >= 0.3 is 12.1 Å². The van der Waals surface area contributed by atoms with Gasteiger partial charge in [0, 0.05) is 43.8 Å². The third-order valence-corrected chi connectivity index (χ3v) is 6.97. The van der Waals surface area contributed by atoms with E-state index >= 15 is 0 Å². The molecule has 0 bridgehead atoms. The largest absolute Gasteiger partial charge is 0.495 e. The number of fused-ring (bicyclic) bond motifs is 1. The van der Waals surface area contributed by atoms with Gasteiger partial charge < -0.3 is 29.3 Å². The lowest BCUT2D eigenvalue weighted by molar-refractivity contribution is 0.0240. The van der Waals surface area contributed by atoms with E-state index in [2.05, 4.69) is 15.2 Å². The van der Waals surface area contributed by atoms with Crippen molar-refractivity contribution >= 4 is 63.2 Å². The maximum Gasteiger partial charge on any atom is 0.410 e. The average Bonchev–Trinajstić information content (AvgIpc) is 2.89. The molecule has 0 radical (unpaired) electrons. The number of aromatic nitrogens is 1. The number of carbonyl (C=O) groups excluding carboxylic acids is 2. The molecule has 1 amide bonds. The molecule has 1 aromatic heterocycles. The van der Waals surface area contributed by atoms with Crippen molar-refractivity contribution in [2.45, 2.75) is 33.3 Å². The average molecular weight is 575 g/mol. The normalized spacial score (nSPS) is 13.8. The highest BCUT2D eigenvalue weighted by molar-refractivity contribution is 6.43. The van der Waals surface area contributed by atoms with Gasteiger partial charge in [0.25, 0.3) is 0 Å². The fourth-order valence-electron chi connectivity index (χ4n) is 4.31. The van der Waals surface area contributed by atoms with Crippen LogP contribution in [0.1, 0.15) is 38.1 Å². The highest BCUT2D eigenvalue weighted by atomic mass is 35.5. The molecule has 3 aromatic rings. The first-order valence-electron chi connectivity index (χ1n) is 12.6. The van der Waals surface area contributed by atoms with Gasteiger partial charge in [-0.25, -0.2) is 9.59 Å². The van der Waals surface area contributed by atoms with E-state index < -0.39 is 11.6 Å². The van der Waals surface area contributed by atoms with Gasteiger partial charge in [-0.05, 0) is 45.9 Å². The van der Waals surface area contributed by atoms with Gasteiger partial charge in [0.1, 0.15) is 16.9 Å². The zero-order valence-corrected chi connectivity index (χ0v) is 24.2. The minimum atomic E-state index is -0.561. The lowest BCUT2D eigenvalue weighted by Crippen LogP contribution is -2.50. The Morgan fingerprint density at radius 1 is 1.10 bits per heavy atom. The van der Waals surface area contributed by atoms with E-state index in [1.165, 1.54) is 6.20 Å². The monoisotopic (exact) mass is 574 g/mol. The Bertz CT molecular complexity index is 1380. The number of benzene rings is 2. The first-order valence-corrected chi connectivity index (χ1v) is 13.4. The number of carbonyl (C=O) groups is 2. The molecule has 2 heterocycles. The molecule has 1 fully saturated rings. The van der Waals surface area contributed by atoms with E-state index in [0.29, 0.717) is 64.3 Å². The number of methoxy groups -OCH3 is 1. The van der Waals surface area contributed by atoms with Crippen LogP contribution in [0.3, 0.4) is 0 Å². The second-order valence-electron chi connectivity index (χ2n) is 9.99. The van der Waals surface area contributed by atoms with E-state index in [1.807, 2.05) is 32.9 Å². The standard InChI is InChI=1S/C28H32Cl2N4O5/c1-6-38-26(35)18-16-31-21-15-23(37-5)22(33-10-12-34(13-11-33)27(36)39-28(2,3)4)14-17(21)25(18)32-20-9-7-8-19(29)24(20)30/h7-9,14-16H,6,10-13H2,1-5H3,(H,31,32). The van der Waals surface area contributed by atoms with Gasteiger partial charge in [0.05, 0.1) is 46.3 Å². The van der Waals surface area contributed by atoms with Crippen LogP contribution < -0.4 is 15.0 Å². The number of pyridine rings is 1. The summed E-state index contributed by atoms with van der Waals surface area (Å²) < 4.78 is 16.6. The number of hydrogen-bond donors (Lipinski definition) is 1. The zero-order valence-electron chi connectivity index (χ0n) is 22.6. The molecule has 0 saturated carbocycles. The Morgan fingerprint density at radius 2 is 1.82 bits per heavy atom. The van der Waals surface area contributed by atoms with Crippen LogP contribution in [0.2, 0.25) is 10.0 Å². The summed E-state index contributed by atoms with van der Waals surface area (Å²) in [6.07, 6.45) is 1.14. The summed E-state index contributed by atoms with van der Waals surface area (Å²) in [5, 5.41) is 4.66. The van der Waals surface area contributed by atoms with Crippen LogP contribution in [0.15, 0.2) is 36.5 Å². The summed E-state index contributed by atoms with van der Waals surface area (Å²) in [5.74, 6) is 0.104. The Kier molecular flexibility index (Phi) is 8.61. The number of hydrogen-bond acceptors (Lipinski definition) is 8. The molecular formula is C28H32Cl2N4O5. The zero-order chi connectivity index (χ0) is 28.3. The van der Waals surface area contributed by atoms with E-state index in [9.17, 15) is 9.59 Å². The molecule has 39 heavy (non-hydrogen) atoms. The van der Waals surface area contributed by atoms with Crippen molar-refractivity contribution in [3.8, 4) is 5.75 Å². The van der Waals surface area contributed by atoms with Crippen LogP contribution in [-0.2, 0) is 9.47 Å². The van der Waals surface area contributed by atoms with Gasteiger partial charge in [-0.3, -0.25) is 4.98 Å². The van der Waals surface area contributed by atoms with Crippen LogP contribution in [0.5, 0.6) is 5.75 Å². The number of halogens is 2. The van der Waals surface area contributed by atoms with Crippen LogP contribution in [-0.4, -0.2) is 67.4 Å². The quantitative estimate of drug-likeness (QED) is 0.332. The van der Waals surface area contributed by atoms with Gasteiger partial charge in [-0.1, -0.05) is 29.3 Å². The minimum absolute atomic E-state index is 0.212. The molecule has 0 unspecified atom stereocenters. The number of ether oxygens (including phenoxy) is 3. The van der Waals surface area contributed by atoms with Crippen molar-refractivity contribution < 1.29 is 23.8 Å². The van der Waals surface area contributed by atoms with Gasteiger partial charge in [0.2, 0.25) is 0 Å². The van der Waals surface area contributed by atoms with Crippen molar-refractivity contribution in [2.24, 2.45) is 0 Å². The summed E-state index contributed by atoms with van der Waals surface area (Å²) in [5.41, 5.74) is 2.12. The number of amides is 1. The summed E-state index contributed by atoms with van der Waals surface area (Å²) in [7, 11) is 1.60. The highest BCUT2D eigenvalue weighted by Crippen LogP contribution is 2.40. The number of rotatable bonds is 6. The number of anilines is 3. The fourth-order valence-corrected chi connectivity index (χ4v) is 4.66. The minimum Gasteiger partial charge on any atom is -0.495 e. The lowest BCUT2D eigenvalue weighted by atomic mass is 10.1. The van der Waals surface area contributed by atoms with Crippen LogP contribution in [0.25, 0.3) is 10.9 Å². The SMILES string of the molecule is CCOC(=O)c1cnc2cc(OC)c(N3CCN(C(=O)OC(C)(C)C)CC3)cc2c1Nc1cccc(Cl)c1Cl. The van der Waals surface area contributed by atoms with Gasteiger partial charge in [-0.15, -0.1) is 0 Å². The smallest absolute Gasteiger partial charge is 0.410 e. The maximum atomic E-state index is 12.9. The fraction of sp³-hybridized carbons (Fsp3) is 0.393. The van der Waals surface area contributed by atoms with Crippen molar-refractivity contribution in [3.63, 3.8) is 0 Å². The third kappa shape index (κ3) is 6.42. The molecule has 0 atom stereocenters. The van der Waals surface area contributed by atoms with Crippen molar-refractivity contribution in [1.29, 1.82) is 0 Å². The van der Waals surface area contributed by atoms with Gasteiger partial charge in [-0.2, -0.15) is 0 Å². The van der Waals surface area contributed by atoms with Crippen molar-refractivity contribution in [3.05, 3.63) is 52.1 Å². The molecule has 1 N–H and O–H groups in total. The first kappa shape index (κ1) is 28.6. The Hall–Kier alpha value is -3.43. The maximum absolute atomic E-state index is 12.9. The number of esters is 1. The van der Waals surface area contributed by atoms with E-state index in [1.54, 1.807) is 37.1 Å². The van der Waals surface area contributed by atoms with Crippen LogP contribution in [0.4, 0.5) is 21.9 Å². The summed E-state index contributed by atoms with van der Waals surface area (Å²) >= 11 is 12.7. The molecule has 9 nitrogen and oxygen atoms in total. The number of piperazine rings is 1. The Balaban J connectivity index is 1.75. The highest BCUT2D eigenvalue weighted by Gasteiger charge is 2.28. The van der Waals surface area contributed by atoms with E-state index in [-0.39, 0.29) is 18.3 Å². The second-order valence-corrected chi connectivity index (χ2v) is 10.8. The number of nitrogens with zero attached hydrogens (tertiary/aromatic N) is 3. The summed E-state index contributed by atoms with van der Waals surface area (Å²) in [6, 6.07) is 8.97. The predicted molar refractivity (Wildman–Crippen MR) is 154 cm³/mol. The Morgan fingerprint density at radius 3 is 2.46 bits per heavy atom. The molecule has 11 heteroatoms. The second kappa shape index (κ2) is 11.8. The van der Waals surface area contributed by atoms with Crippen LogP contribution >= 0.6 is 23.2 Å². The summed E-state index contributed by atoms with van der Waals surface area (Å²) in [4.78, 5) is 33.8. The number of nitrogens with one attached hydrogen (secondary N) is 1. The topological polar surface area (TPSA) is 93.2 Å². The molecule has 208 valence electrons. The third-order valence-electron chi connectivity index (χ3n) is 6.15. The molecule has 1 aliphatic heterocycles. The van der Waals surface area contributed by atoms with Crippen molar-refractivity contribution in [2.75, 3.05) is 50.1 Å².